The molecule has 0 atom stereocenters. The van der Waals surface area contributed by atoms with Crippen LogP contribution in [0.4, 0.5) is 11.4 Å². The van der Waals surface area contributed by atoms with Crippen LogP contribution in [0, 0.1) is 10.1 Å². The van der Waals surface area contributed by atoms with E-state index in [0.29, 0.717) is 22.2 Å². The molecule has 4 aromatic rings. The number of nitrogens with one attached hydrogen (secondary N) is 1. The minimum Gasteiger partial charge on any atom is -0.457 e. The number of hydrogen-bond acceptors (Lipinski definition) is 7. The van der Waals surface area contributed by atoms with Crippen LogP contribution in [0.2, 0.25) is 0 Å². The lowest BCUT2D eigenvalue weighted by atomic mass is 10.0. The molecule has 1 N–H and O–H groups in total. The summed E-state index contributed by atoms with van der Waals surface area (Å²) in [7, 11) is 1.60. The van der Waals surface area contributed by atoms with E-state index in [1.54, 1.807) is 13.1 Å². The van der Waals surface area contributed by atoms with Gasteiger partial charge in [-0.1, -0.05) is 30.3 Å². The maximum Gasteiger partial charge on any atom is 0.340 e. The second-order valence-electron chi connectivity index (χ2n) is 6.56. The fraction of sp³-hybridized carbons (Fsp3) is 0.0909. The molecule has 0 aliphatic carbocycles. The van der Waals surface area contributed by atoms with Gasteiger partial charge in [-0.15, -0.1) is 0 Å². The highest BCUT2D eigenvalue weighted by Gasteiger charge is 2.19. The molecule has 0 bridgehead atoms. The Hall–Kier alpha value is -4.20. The number of rotatable bonds is 5. The summed E-state index contributed by atoms with van der Waals surface area (Å²) in [6.07, 6.45) is 0. The summed E-state index contributed by atoms with van der Waals surface area (Å²) in [4.78, 5) is 35.1. The molecule has 30 heavy (non-hydrogen) atoms. The van der Waals surface area contributed by atoms with Crippen LogP contribution in [0.3, 0.4) is 0 Å². The van der Waals surface area contributed by atoms with E-state index < -0.39 is 16.5 Å². The highest BCUT2D eigenvalue weighted by molar-refractivity contribution is 6.07. The number of carbonyl (C=O) groups excluding carboxylic acids is 1. The molecule has 0 amide bonds. The third-order valence-corrected chi connectivity index (χ3v) is 4.78. The molecule has 0 fully saturated rings. The summed E-state index contributed by atoms with van der Waals surface area (Å²) < 4.78 is 10.7. The minimum atomic E-state index is -0.746. The third kappa shape index (κ3) is 3.46. The number of hydrogen-bond donors (Lipinski definition) is 1. The molecule has 0 spiro atoms. The second-order valence-corrected chi connectivity index (χ2v) is 6.56. The highest BCUT2D eigenvalue weighted by Crippen LogP contribution is 2.28. The van der Waals surface area contributed by atoms with Crippen molar-refractivity contribution in [3.8, 4) is 0 Å². The van der Waals surface area contributed by atoms with E-state index in [2.05, 4.69) is 5.32 Å². The van der Waals surface area contributed by atoms with Crippen molar-refractivity contribution in [3.05, 3.63) is 92.3 Å². The molecule has 0 saturated heterocycles. The van der Waals surface area contributed by atoms with Crippen molar-refractivity contribution in [2.75, 3.05) is 12.4 Å². The predicted octanol–water partition coefficient (Wildman–Crippen LogP) is 4.25. The average Bonchev–Trinajstić information content (AvgIpc) is 2.76. The van der Waals surface area contributed by atoms with Gasteiger partial charge in [-0.3, -0.25) is 10.1 Å². The molecule has 0 aliphatic heterocycles. The Bertz CT molecular complexity index is 1360. The van der Waals surface area contributed by atoms with E-state index >= 15 is 0 Å². The number of nitrogens with zero attached hydrogens (tertiary/aromatic N) is 1. The van der Waals surface area contributed by atoms with Crippen molar-refractivity contribution in [1.29, 1.82) is 0 Å². The van der Waals surface area contributed by atoms with Crippen molar-refractivity contribution >= 4 is 39.1 Å². The fourth-order valence-electron chi connectivity index (χ4n) is 3.39. The fourth-order valence-corrected chi connectivity index (χ4v) is 3.39. The summed E-state index contributed by atoms with van der Waals surface area (Å²) in [5, 5.41) is 16.3. The summed E-state index contributed by atoms with van der Waals surface area (Å²) in [6, 6.07) is 16.3. The van der Waals surface area contributed by atoms with Gasteiger partial charge in [0.05, 0.1) is 10.5 Å². The van der Waals surface area contributed by atoms with E-state index in [1.807, 2.05) is 30.3 Å². The van der Waals surface area contributed by atoms with Crippen LogP contribution in [0.1, 0.15) is 15.9 Å². The van der Waals surface area contributed by atoms with Crippen LogP contribution >= 0.6 is 0 Å². The monoisotopic (exact) mass is 404 g/mol. The van der Waals surface area contributed by atoms with E-state index in [1.165, 1.54) is 18.2 Å². The van der Waals surface area contributed by atoms with Crippen LogP contribution in [0.25, 0.3) is 21.7 Å². The molecular weight excluding hydrogens is 388 g/mol. The Balaban J connectivity index is 1.73. The lowest BCUT2D eigenvalue weighted by molar-refractivity contribution is -0.384. The molecular formula is C22H16N2O6. The first-order valence-electron chi connectivity index (χ1n) is 9.06. The summed E-state index contributed by atoms with van der Waals surface area (Å²) >= 11 is 0. The lowest BCUT2D eigenvalue weighted by Gasteiger charge is -2.11. The van der Waals surface area contributed by atoms with E-state index in [9.17, 15) is 19.7 Å². The van der Waals surface area contributed by atoms with Crippen LogP contribution in [-0.2, 0) is 11.3 Å². The number of esters is 1. The number of nitro benzene ring substituents is 1. The van der Waals surface area contributed by atoms with Gasteiger partial charge < -0.3 is 14.5 Å². The van der Waals surface area contributed by atoms with Crippen molar-refractivity contribution in [2.45, 2.75) is 6.61 Å². The van der Waals surface area contributed by atoms with Crippen molar-refractivity contribution in [3.63, 3.8) is 0 Å². The minimum absolute atomic E-state index is 0.0313. The van der Waals surface area contributed by atoms with Gasteiger partial charge in [0.15, 0.2) is 0 Å². The molecule has 3 aromatic carbocycles. The predicted molar refractivity (Wildman–Crippen MR) is 112 cm³/mol. The van der Waals surface area contributed by atoms with Crippen molar-refractivity contribution in [1.82, 2.24) is 0 Å². The Morgan fingerprint density at radius 1 is 1.13 bits per heavy atom. The Labute approximate surface area is 169 Å². The zero-order valence-electron chi connectivity index (χ0n) is 15.9. The first-order chi connectivity index (χ1) is 14.5. The molecule has 4 rings (SSSR count). The van der Waals surface area contributed by atoms with E-state index in [0.717, 1.165) is 16.8 Å². The van der Waals surface area contributed by atoms with Crippen LogP contribution in [-0.4, -0.2) is 17.9 Å². The van der Waals surface area contributed by atoms with Crippen molar-refractivity contribution in [2.24, 2.45) is 0 Å². The Morgan fingerprint density at radius 3 is 2.70 bits per heavy atom. The number of non-ortho nitro benzene ring substituents is 1. The van der Waals surface area contributed by atoms with Gasteiger partial charge in [-0.05, 0) is 22.9 Å². The summed E-state index contributed by atoms with van der Waals surface area (Å²) in [5.41, 5.74) is 0.520. The maximum atomic E-state index is 12.7. The first kappa shape index (κ1) is 19.1. The number of benzene rings is 3. The summed E-state index contributed by atoms with van der Waals surface area (Å²) in [5.74, 6) is -0.746. The van der Waals surface area contributed by atoms with Gasteiger partial charge in [0.25, 0.3) is 5.69 Å². The van der Waals surface area contributed by atoms with Gasteiger partial charge in [-0.25, -0.2) is 9.59 Å². The molecule has 1 heterocycles. The Kier molecular flexibility index (Phi) is 4.89. The zero-order chi connectivity index (χ0) is 21.3. The van der Waals surface area contributed by atoms with Crippen molar-refractivity contribution < 1.29 is 18.9 Å². The molecule has 0 unspecified atom stereocenters. The van der Waals surface area contributed by atoms with Gasteiger partial charge in [0, 0.05) is 41.9 Å². The van der Waals surface area contributed by atoms with Gasteiger partial charge in [0.1, 0.15) is 12.2 Å². The largest absolute Gasteiger partial charge is 0.457 e. The smallest absolute Gasteiger partial charge is 0.340 e. The summed E-state index contributed by atoms with van der Waals surface area (Å²) in [6.45, 7) is -0.194. The maximum absolute atomic E-state index is 12.7. The Morgan fingerprint density at radius 2 is 1.93 bits per heavy atom. The van der Waals surface area contributed by atoms with Crippen LogP contribution in [0.5, 0.6) is 0 Å². The third-order valence-electron chi connectivity index (χ3n) is 4.78. The second kappa shape index (κ2) is 7.67. The number of ether oxygens (including phenoxy) is 1. The van der Waals surface area contributed by atoms with E-state index in [-0.39, 0.29) is 17.9 Å². The zero-order valence-corrected chi connectivity index (χ0v) is 15.9. The SMILES string of the molecule is CNc1ccc([N+](=O)[O-])cc1C(=O)OCc1cc(=O)oc2ccc3ccccc3c12. The topological polar surface area (TPSA) is 112 Å². The number of fused-ring (bicyclic) bond motifs is 3. The quantitative estimate of drug-likeness (QED) is 0.174. The molecule has 8 heteroatoms. The average molecular weight is 404 g/mol. The van der Waals surface area contributed by atoms with Crippen LogP contribution in [0.15, 0.2) is 69.9 Å². The molecule has 0 saturated carbocycles. The lowest BCUT2D eigenvalue weighted by Crippen LogP contribution is -2.10. The van der Waals surface area contributed by atoms with Gasteiger partial charge >= 0.3 is 11.6 Å². The number of carbonyl (C=O) groups is 1. The number of anilines is 1. The molecule has 150 valence electrons. The molecule has 0 radical (unpaired) electrons. The standard InChI is InChI=1S/C22H16N2O6/c1-23-18-8-7-15(24(27)28)11-17(18)22(26)29-12-14-10-20(25)30-19-9-6-13-4-2-3-5-16(13)21(14)19/h2-11,23H,12H2,1H3. The van der Waals surface area contributed by atoms with E-state index in [4.69, 9.17) is 9.15 Å². The van der Waals surface area contributed by atoms with Gasteiger partial charge in [0.2, 0.25) is 0 Å². The number of nitro groups is 1. The molecule has 1 aromatic heterocycles. The highest BCUT2D eigenvalue weighted by atomic mass is 16.6. The first-order valence-corrected chi connectivity index (χ1v) is 9.06. The van der Waals surface area contributed by atoms with Crippen LogP contribution < -0.4 is 10.9 Å². The normalized spacial score (nSPS) is 10.8. The molecule has 8 nitrogen and oxygen atoms in total. The van der Waals surface area contributed by atoms with Gasteiger partial charge in [-0.2, -0.15) is 0 Å². The molecule has 0 aliphatic rings.